The minimum atomic E-state index is -0.526. The van der Waals surface area contributed by atoms with Gasteiger partial charge in [-0.15, -0.1) is 0 Å². The molecule has 1 amide bonds. The summed E-state index contributed by atoms with van der Waals surface area (Å²) in [6.45, 7) is 5.15. The Balaban J connectivity index is 1.67. The molecule has 2 aliphatic rings. The summed E-state index contributed by atoms with van der Waals surface area (Å²) in [5, 5.41) is 12.0. The van der Waals surface area contributed by atoms with Crippen molar-refractivity contribution in [3.8, 4) is 0 Å². The molecule has 7 heteroatoms. The number of rotatable bonds is 3. The first kappa shape index (κ1) is 14.4. The number of fused-ring (bicyclic) bond motifs is 1. The molecule has 21 heavy (non-hydrogen) atoms. The highest BCUT2D eigenvalue weighted by Gasteiger charge is 2.23. The van der Waals surface area contributed by atoms with E-state index in [0.717, 1.165) is 57.0 Å². The molecular weight excluding hydrogens is 272 g/mol. The summed E-state index contributed by atoms with van der Waals surface area (Å²) in [7, 11) is 0. The maximum Gasteiger partial charge on any atom is 0.276 e. The van der Waals surface area contributed by atoms with Gasteiger partial charge in [-0.1, -0.05) is 0 Å². The van der Waals surface area contributed by atoms with Gasteiger partial charge in [0, 0.05) is 51.0 Å². The molecule has 1 unspecified atom stereocenters. The molecular formula is C14H20N4O3. The van der Waals surface area contributed by atoms with Crippen molar-refractivity contribution in [2.75, 3.05) is 32.8 Å². The smallest absolute Gasteiger partial charge is 0.276 e. The lowest BCUT2D eigenvalue weighted by Crippen LogP contribution is -2.46. The van der Waals surface area contributed by atoms with Gasteiger partial charge in [-0.05, 0) is 11.6 Å². The van der Waals surface area contributed by atoms with Crippen molar-refractivity contribution >= 4 is 5.91 Å². The quantitative estimate of drug-likeness (QED) is 0.516. The SMILES string of the molecule is O=C(NO)c1cnc2c(c1)CN(CC1CNCCO1)CC2. The highest BCUT2D eigenvalue weighted by atomic mass is 16.5. The van der Waals surface area contributed by atoms with Crippen LogP contribution in [0.2, 0.25) is 0 Å². The number of nitrogens with zero attached hydrogens (tertiary/aromatic N) is 2. The lowest BCUT2D eigenvalue weighted by atomic mass is 10.0. The fourth-order valence-electron chi connectivity index (χ4n) is 2.85. The second-order valence-corrected chi connectivity index (χ2v) is 5.45. The van der Waals surface area contributed by atoms with Gasteiger partial charge in [0.05, 0.1) is 18.3 Å². The van der Waals surface area contributed by atoms with Crippen molar-refractivity contribution in [1.29, 1.82) is 0 Å². The molecule has 1 fully saturated rings. The first-order valence-corrected chi connectivity index (χ1v) is 7.23. The molecule has 0 radical (unpaired) electrons. The van der Waals surface area contributed by atoms with Gasteiger partial charge in [0.15, 0.2) is 0 Å². The summed E-state index contributed by atoms with van der Waals surface area (Å²) in [4.78, 5) is 18.1. The van der Waals surface area contributed by atoms with Crippen molar-refractivity contribution in [1.82, 2.24) is 20.7 Å². The Kier molecular flexibility index (Phi) is 4.45. The standard InChI is InChI=1S/C14H20N4O3/c19-14(17-20)10-5-11-8-18(3-1-13(11)16-6-10)9-12-7-15-2-4-21-12/h5-6,12,15,20H,1-4,7-9H2,(H,17,19). The lowest BCUT2D eigenvalue weighted by Gasteiger charge is -2.33. The van der Waals surface area contributed by atoms with Gasteiger partial charge in [0.1, 0.15) is 0 Å². The number of amides is 1. The molecule has 0 aliphatic carbocycles. The van der Waals surface area contributed by atoms with E-state index in [2.05, 4.69) is 15.2 Å². The van der Waals surface area contributed by atoms with Gasteiger partial charge >= 0.3 is 0 Å². The normalized spacial score (nSPS) is 22.6. The van der Waals surface area contributed by atoms with Gasteiger partial charge in [0.2, 0.25) is 0 Å². The summed E-state index contributed by atoms with van der Waals surface area (Å²) in [5.41, 5.74) is 4.11. The van der Waals surface area contributed by atoms with Crippen LogP contribution in [0.1, 0.15) is 21.6 Å². The Morgan fingerprint density at radius 1 is 1.62 bits per heavy atom. The van der Waals surface area contributed by atoms with E-state index < -0.39 is 5.91 Å². The van der Waals surface area contributed by atoms with Crippen LogP contribution in [0, 0.1) is 0 Å². The number of morpholine rings is 1. The number of aromatic nitrogens is 1. The topological polar surface area (TPSA) is 86.7 Å². The van der Waals surface area contributed by atoms with E-state index in [9.17, 15) is 4.79 Å². The second kappa shape index (κ2) is 6.48. The summed E-state index contributed by atoms with van der Waals surface area (Å²) in [6, 6.07) is 1.81. The zero-order valence-electron chi connectivity index (χ0n) is 11.8. The summed E-state index contributed by atoms with van der Waals surface area (Å²) in [5.74, 6) is -0.526. The number of hydroxylamine groups is 1. The van der Waals surface area contributed by atoms with Crippen LogP contribution in [0.25, 0.3) is 0 Å². The van der Waals surface area contributed by atoms with Gasteiger partial charge in [-0.25, -0.2) is 5.48 Å². The van der Waals surface area contributed by atoms with E-state index >= 15 is 0 Å². The third-order valence-electron chi connectivity index (χ3n) is 3.95. The Bertz CT molecular complexity index is 517. The summed E-state index contributed by atoms with van der Waals surface area (Å²) < 4.78 is 5.73. The van der Waals surface area contributed by atoms with Crippen LogP contribution >= 0.6 is 0 Å². The van der Waals surface area contributed by atoms with Gasteiger partial charge in [-0.3, -0.25) is 19.9 Å². The number of nitrogens with one attached hydrogen (secondary N) is 2. The number of ether oxygens (including phenoxy) is 1. The second-order valence-electron chi connectivity index (χ2n) is 5.45. The fourth-order valence-corrected chi connectivity index (χ4v) is 2.85. The molecule has 1 atom stereocenters. The van der Waals surface area contributed by atoms with E-state index in [0.29, 0.717) is 5.56 Å². The van der Waals surface area contributed by atoms with Crippen molar-refractivity contribution < 1.29 is 14.7 Å². The zero-order chi connectivity index (χ0) is 14.7. The Labute approximate surface area is 123 Å². The summed E-state index contributed by atoms with van der Waals surface area (Å²) in [6.07, 6.45) is 2.60. The van der Waals surface area contributed by atoms with Crippen LogP contribution in [0.15, 0.2) is 12.3 Å². The van der Waals surface area contributed by atoms with Crippen LogP contribution < -0.4 is 10.8 Å². The van der Waals surface area contributed by atoms with E-state index in [1.165, 1.54) is 6.20 Å². The van der Waals surface area contributed by atoms with E-state index in [-0.39, 0.29) is 6.10 Å². The van der Waals surface area contributed by atoms with Crippen LogP contribution in [0.4, 0.5) is 0 Å². The molecule has 3 heterocycles. The molecule has 0 bridgehead atoms. The maximum atomic E-state index is 11.5. The molecule has 7 nitrogen and oxygen atoms in total. The van der Waals surface area contributed by atoms with Gasteiger partial charge in [-0.2, -0.15) is 0 Å². The minimum Gasteiger partial charge on any atom is -0.374 e. The molecule has 1 saturated heterocycles. The summed E-state index contributed by atoms with van der Waals surface area (Å²) >= 11 is 0. The highest BCUT2D eigenvalue weighted by molar-refractivity contribution is 5.93. The lowest BCUT2D eigenvalue weighted by molar-refractivity contribution is 0.00288. The number of hydrogen-bond donors (Lipinski definition) is 3. The van der Waals surface area contributed by atoms with Gasteiger partial charge < -0.3 is 10.1 Å². The predicted molar refractivity (Wildman–Crippen MR) is 75.1 cm³/mol. The molecule has 0 aromatic carbocycles. The molecule has 3 N–H and O–H groups in total. The number of hydrogen-bond acceptors (Lipinski definition) is 6. The van der Waals surface area contributed by atoms with Crippen molar-refractivity contribution in [2.24, 2.45) is 0 Å². The highest BCUT2D eigenvalue weighted by Crippen LogP contribution is 2.19. The van der Waals surface area contributed by atoms with Crippen LogP contribution in [-0.2, 0) is 17.7 Å². The largest absolute Gasteiger partial charge is 0.374 e. The molecule has 1 aromatic heterocycles. The van der Waals surface area contributed by atoms with E-state index in [1.54, 1.807) is 11.5 Å². The van der Waals surface area contributed by atoms with E-state index in [4.69, 9.17) is 9.94 Å². The first-order chi connectivity index (χ1) is 10.3. The average molecular weight is 292 g/mol. The molecule has 2 aliphatic heterocycles. The molecule has 0 saturated carbocycles. The zero-order valence-corrected chi connectivity index (χ0v) is 11.8. The first-order valence-electron chi connectivity index (χ1n) is 7.23. The third-order valence-corrected chi connectivity index (χ3v) is 3.95. The van der Waals surface area contributed by atoms with Crippen LogP contribution in [-0.4, -0.2) is 59.9 Å². The minimum absolute atomic E-state index is 0.220. The Hall–Kier alpha value is -1.54. The third kappa shape index (κ3) is 3.38. The molecule has 1 aromatic rings. The Morgan fingerprint density at radius 2 is 2.52 bits per heavy atom. The molecule has 114 valence electrons. The molecule has 0 spiro atoms. The maximum absolute atomic E-state index is 11.5. The fraction of sp³-hybridized carbons (Fsp3) is 0.571. The molecule has 3 rings (SSSR count). The van der Waals surface area contributed by atoms with Crippen LogP contribution in [0.5, 0.6) is 0 Å². The van der Waals surface area contributed by atoms with E-state index in [1.807, 2.05) is 0 Å². The van der Waals surface area contributed by atoms with Crippen molar-refractivity contribution in [2.45, 2.75) is 19.1 Å². The predicted octanol–water partition coefficient (Wildman–Crippen LogP) is -0.453. The number of carbonyl (C=O) groups excluding carboxylic acids is 1. The van der Waals surface area contributed by atoms with Gasteiger partial charge in [0.25, 0.3) is 5.91 Å². The number of carbonyl (C=O) groups is 1. The van der Waals surface area contributed by atoms with Crippen molar-refractivity contribution in [3.63, 3.8) is 0 Å². The van der Waals surface area contributed by atoms with Crippen LogP contribution in [0.3, 0.4) is 0 Å². The van der Waals surface area contributed by atoms with Crippen molar-refractivity contribution in [3.05, 3.63) is 29.1 Å². The average Bonchev–Trinajstić information content (AvgIpc) is 2.54. The Morgan fingerprint density at radius 3 is 3.29 bits per heavy atom. The number of pyridine rings is 1. The monoisotopic (exact) mass is 292 g/mol.